The van der Waals surface area contributed by atoms with Gasteiger partial charge in [0.05, 0.1) is 5.56 Å². The van der Waals surface area contributed by atoms with E-state index in [1.165, 1.54) is 0 Å². The Labute approximate surface area is 114 Å². The first kappa shape index (κ1) is 14.2. The van der Waals surface area contributed by atoms with Crippen molar-refractivity contribution < 1.29 is 18.6 Å². The molecular weight excluding hydrogens is 263 g/mol. The molecule has 1 aliphatic rings. The summed E-state index contributed by atoms with van der Waals surface area (Å²) in [6, 6.07) is 7.34. The van der Waals surface area contributed by atoms with Gasteiger partial charge >= 0.3 is 14.0 Å². The number of fused-ring (bicyclic) bond motifs is 1. The van der Waals surface area contributed by atoms with Gasteiger partial charge in [0.25, 0.3) is 0 Å². The SMILES string of the molecule is CC(C)(C)[P+](=O)OCCC1OC(=O)c2ccccc21. The summed E-state index contributed by atoms with van der Waals surface area (Å²) in [5.74, 6) is -0.291. The second-order valence-corrected chi connectivity index (χ2v) is 7.65. The van der Waals surface area contributed by atoms with Crippen LogP contribution in [0.3, 0.4) is 0 Å². The normalized spacial score (nSPS) is 19.0. The van der Waals surface area contributed by atoms with Gasteiger partial charge in [-0.25, -0.2) is 4.79 Å². The van der Waals surface area contributed by atoms with Crippen LogP contribution in [0.2, 0.25) is 0 Å². The van der Waals surface area contributed by atoms with E-state index in [9.17, 15) is 9.36 Å². The van der Waals surface area contributed by atoms with Crippen LogP contribution in [0.15, 0.2) is 24.3 Å². The van der Waals surface area contributed by atoms with Gasteiger partial charge in [0.2, 0.25) is 0 Å². The van der Waals surface area contributed by atoms with Crippen LogP contribution in [0.1, 0.15) is 49.2 Å². The zero-order valence-electron chi connectivity index (χ0n) is 11.4. The Bertz CT molecular complexity index is 504. The maximum absolute atomic E-state index is 11.8. The van der Waals surface area contributed by atoms with Gasteiger partial charge in [0.15, 0.2) is 5.16 Å². The van der Waals surface area contributed by atoms with E-state index in [4.69, 9.17) is 9.26 Å². The molecule has 0 aliphatic carbocycles. The van der Waals surface area contributed by atoms with Crippen molar-refractivity contribution in [1.29, 1.82) is 0 Å². The molecule has 0 saturated carbocycles. The number of carbonyl (C=O) groups is 1. The van der Waals surface area contributed by atoms with E-state index in [1.807, 2.05) is 39.0 Å². The van der Waals surface area contributed by atoms with Gasteiger partial charge in [-0.3, -0.25) is 0 Å². The summed E-state index contributed by atoms with van der Waals surface area (Å²) in [7, 11) is -1.71. The van der Waals surface area contributed by atoms with Crippen LogP contribution in [-0.4, -0.2) is 17.7 Å². The summed E-state index contributed by atoms with van der Waals surface area (Å²) >= 11 is 0. The summed E-state index contributed by atoms with van der Waals surface area (Å²) in [6.45, 7) is 5.93. The molecule has 2 unspecified atom stereocenters. The zero-order chi connectivity index (χ0) is 14.0. The molecule has 5 heteroatoms. The largest absolute Gasteiger partial charge is 0.513 e. The molecular formula is C14H18O4P+. The average Bonchev–Trinajstić information content (AvgIpc) is 2.66. The van der Waals surface area contributed by atoms with Gasteiger partial charge in [0, 0.05) is 12.0 Å². The Morgan fingerprint density at radius 2 is 2.00 bits per heavy atom. The second-order valence-electron chi connectivity index (χ2n) is 5.53. The van der Waals surface area contributed by atoms with Crippen LogP contribution >= 0.6 is 8.03 Å². The monoisotopic (exact) mass is 281 g/mol. The fraction of sp³-hybridized carbons (Fsp3) is 0.500. The summed E-state index contributed by atoms with van der Waals surface area (Å²) in [4.78, 5) is 11.6. The van der Waals surface area contributed by atoms with Crippen molar-refractivity contribution in [3.63, 3.8) is 0 Å². The van der Waals surface area contributed by atoms with Crippen LogP contribution in [0, 0.1) is 0 Å². The number of ether oxygens (including phenoxy) is 1. The second kappa shape index (κ2) is 5.40. The van der Waals surface area contributed by atoms with E-state index in [0.717, 1.165) is 5.56 Å². The van der Waals surface area contributed by atoms with Crippen molar-refractivity contribution >= 4 is 14.0 Å². The lowest BCUT2D eigenvalue weighted by Crippen LogP contribution is -2.10. The van der Waals surface area contributed by atoms with Crippen LogP contribution in [0.4, 0.5) is 0 Å². The van der Waals surface area contributed by atoms with Crippen molar-refractivity contribution in [2.75, 3.05) is 6.61 Å². The number of rotatable bonds is 4. The minimum absolute atomic E-state index is 0.285. The van der Waals surface area contributed by atoms with Crippen LogP contribution in [0.5, 0.6) is 0 Å². The van der Waals surface area contributed by atoms with E-state index in [-0.39, 0.29) is 17.2 Å². The maximum Gasteiger partial charge on any atom is 0.513 e. The summed E-state index contributed by atoms with van der Waals surface area (Å²) in [5.41, 5.74) is 1.51. The molecule has 1 aliphatic heterocycles. The molecule has 0 radical (unpaired) electrons. The lowest BCUT2D eigenvalue weighted by Gasteiger charge is -2.09. The van der Waals surface area contributed by atoms with Gasteiger partial charge in [-0.05, 0) is 31.4 Å². The van der Waals surface area contributed by atoms with E-state index in [0.29, 0.717) is 18.6 Å². The standard InChI is InChI=1S/C14H18O4P/c1-14(2,3)19(16)17-9-8-12-10-6-4-5-7-11(10)13(15)18-12/h4-7,12H,8-9H2,1-3H3/q+1. The molecule has 0 N–H and O–H groups in total. The minimum Gasteiger partial charge on any atom is -0.454 e. The predicted molar refractivity (Wildman–Crippen MR) is 72.5 cm³/mol. The Morgan fingerprint density at radius 3 is 2.68 bits per heavy atom. The third kappa shape index (κ3) is 3.20. The molecule has 1 heterocycles. The van der Waals surface area contributed by atoms with Crippen molar-refractivity contribution in [3.05, 3.63) is 35.4 Å². The van der Waals surface area contributed by atoms with Gasteiger partial charge in [-0.2, -0.15) is 0 Å². The number of carbonyl (C=O) groups excluding carboxylic acids is 1. The van der Waals surface area contributed by atoms with Gasteiger partial charge in [-0.15, -0.1) is 4.52 Å². The molecule has 2 rings (SSSR count). The highest BCUT2D eigenvalue weighted by molar-refractivity contribution is 7.41. The van der Waals surface area contributed by atoms with Crippen molar-refractivity contribution in [2.24, 2.45) is 0 Å². The van der Waals surface area contributed by atoms with Gasteiger partial charge in [0.1, 0.15) is 12.7 Å². The summed E-state index contributed by atoms with van der Waals surface area (Å²) in [6.07, 6.45) is 0.243. The smallest absolute Gasteiger partial charge is 0.454 e. The van der Waals surface area contributed by atoms with Crippen LogP contribution < -0.4 is 0 Å². The maximum atomic E-state index is 11.8. The average molecular weight is 281 g/mol. The summed E-state index contributed by atoms with van der Waals surface area (Å²) < 4.78 is 22.4. The van der Waals surface area contributed by atoms with Crippen molar-refractivity contribution in [3.8, 4) is 0 Å². The molecule has 0 bridgehead atoms. The molecule has 0 amide bonds. The van der Waals surface area contributed by atoms with E-state index in [2.05, 4.69) is 0 Å². The quantitative estimate of drug-likeness (QED) is 0.621. The van der Waals surface area contributed by atoms with E-state index >= 15 is 0 Å². The van der Waals surface area contributed by atoms with Crippen molar-refractivity contribution in [2.45, 2.75) is 38.5 Å². The van der Waals surface area contributed by atoms with E-state index < -0.39 is 8.03 Å². The predicted octanol–water partition coefficient (Wildman–Crippen LogP) is 3.85. The Hall–Kier alpha value is -1.25. The first-order chi connectivity index (χ1) is 8.89. The Morgan fingerprint density at radius 1 is 1.32 bits per heavy atom. The Kier molecular flexibility index (Phi) is 4.02. The van der Waals surface area contributed by atoms with Gasteiger partial charge < -0.3 is 4.74 Å². The number of hydrogen-bond acceptors (Lipinski definition) is 4. The first-order valence-electron chi connectivity index (χ1n) is 6.30. The minimum atomic E-state index is -1.71. The number of esters is 1. The zero-order valence-corrected chi connectivity index (χ0v) is 12.3. The number of cyclic esters (lactones) is 1. The lowest BCUT2D eigenvalue weighted by atomic mass is 10.0. The number of hydrogen-bond donors (Lipinski definition) is 0. The summed E-state index contributed by atoms with van der Waals surface area (Å²) in [5, 5.41) is -0.362. The van der Waals surface area contributed by atoms with Crippen LogP contribution in [0.25, 0.3) is 0 Å². The number of benzene rings is 1. The molecule has 19 heavy (non-hydrogen) atoms. The molecule has 4 nitrogen and oxygen atoms in total. The molecule has 102 valence electrons. The molecule has 0 aromatic heterocycles. The third-order valence-electron chi connectivity index (χ3n) is 2.91. The molecule has 1 aromatic rings. The fourth-order valence-corrected chi connectivity index (χ4v) is 2.53. The highest BCUT2D eigenvalue weighted by Gasteiger charge is 2.37. The lowest BCUT2D eigenvalue weighted by molar-refractivity contribution is 0.0342. The molecule has 1 aromatic carbocycles. The topological polar surface area (TPSA) is 52.6 Å². The molecule has 0 fully saturated rings. The third-order valence-corrected chi connectivity index (χ3v) is 4.43. The van der Waals surface area contributed by atoms with E-state index in [1.54, 1.807) is 6.07 Å². The molecule has 0 saturated heterocycles. The van der Waals surface area contributed by atoms with Crippen molar-refractivity contribution in [1.82, 2.24) is 0 Å². The molecule has 2 atom stereocenters. The van der Waals surface area contributed by atoms with Crippen LogP contribution in [-0.2, 0) is 13.8 Å². The highest BCUT2D eigenvalue weighted by Crippen LogP contribution is 2.40. The molecule has 0 spiro atoms. The highest BCUT2D eigenvalue weighted by atomic mass is 31.1. The Balaban J connectivity index is 1.93. The van der Waals surface area contributed by atoms with Gasteiger partial charge in [-0.1, -0.05) is 18.2 Å². The first-order valence-corrected chi connectivity index (χ1v) is 7.47. The fourth-order valence-electron chi connectivity index (χ4n) is 1.87.